The lowest BCUT2D eigenvalue weighted by molar-refractivity contribution is -0.123. The van der Waals surface area contributed by atoms with Crippen LogP contribution in [0.1, 0.15) is 50.5 Å². The normalized spacial score (nSPS) is 21.5. The van der Waals surface area contributed by atoms with E-state index in [1.54, 1.807) is 0 Å². The second-order valence-corrected chi connectivity index (χ2v) is 8.20. The van der Waals surface area contributed by atoms with Gasteiger partial charge < -0.3 is 5.32 Å². The zero-order valence-electron chi connectivity index (χ0n) is 16.7. The van der Waals surface area contributed by atoms with Crippen LogP contribution in [0.4, 0.5) is 0 Å². The van der Waals surface area contributed by atoms with E-state index in [9.17, 15) is 4.79 Å². The summed E-state index contributed by atoms with van der Waals surface area (Å²) in [6.45, 7) is 4.29. The molecule has 7 heteroatoms. The minimum Gasteiger partial charge on any atom is -0.350 e. The minimum absolute atomic E-state index is 0.0386. The smallest absolute Gasteiger partial charge is 0.243 e. The Morgan fingerprint density at radius 1 is 1.11 bits per heavy atom. The molecule has 1 saturated carbocycles. The van der Waals surface area contributed by atoms with Crippen LogP contribution in [0.25, 0.3) is 11.4 Å². The number of carbonyl (C=O) groups excluding carboxylic acids is 1. The molecule has 1 aromatic heterocycles. The lowest BCUT2D eigenvalue weighted by atomic mass is 9.92. The van der Waals surface area contributed by atoms with Crippen LogP contribution >= 0.6 is 0 Å². The third-order valence-corrected chi connectivity index (χ3v) is 5.96. The van der Waals surface area contributed by atoms with Gasteiger partial charge in [-0.05, 0) is 44.4 Å². The van der Waals surface area contributed by atoms with Gasteiger partial charge in [-0.25, -0.2) is 0 Å². The van der Waals surface area contributed by atoms with Gasteiger partial charge in [0, 0.05) is 24.2 Å². The molecule has 1 N–H and O–H groups in total. The van der Waals surface area contributed by atoms with Crippen molar-refractivity contribution in [2.75, 3.05) is 13.1 Å². The third-order valence-electron chi connectivity index (χ3n) is 5.96. The SMILES string of the molecule is Cc1ccc(-c2nnn(CC(=O)NC3CCCN(C4CCCCC4)C3)n2)cc1. The highest BCUT2D eigenvalue weighted by Crippen LogP contribution is 2.25. The molecular weight excluding hydrogens is 352 g/mol. The van der Waals surface area contributed by atoms with Crippen molar-refractivity contribution in [2.24, 2.45) is 0 Å². The number of nitrogens with one attached hydrogen (secondary N) is 1. The van der Waals surface area contributed by atoms with Gasteiger partial charge in [0.25, 0.3) is 0 Å². The first-order valence-electron chi connectivity index (χ1n) is 10.6. The molecule has 150 valence electrons. The fourth-order valence-corrected chi connectivity index (χ4v) is 4.43. The van der Waals surface area contributed by atoms with Gasteiger partial charge in [-0.2, -0.15) is 4.80 Å². The summed E-state index contributed by atoms with van der Waals surface area (Å²) in [6, 6.07) is 8.91. The van der Waals surface area contributed by atoms with E-state index in [4.69, 9.17) is 0 Å². The summed E-state index contributed by atoms with van der Waals surface area (Å²) < 4.78 is 0. The number of nitrogens with zero attached hydrogens (tertiary/aromatic N) is 5. The summed E-state index contributed by atoms with van der Waals surface area (Å²) in [7, 11) is 0. The molecule has 1 aliphatic carbocycles. The topological polar surface area (TPSA) is 75.9 Å². The first-order valence-corrected chi connectivity index (χ1v) is 10.6. The number of benzene rings is 1. The monoisotopic (exact) mass is 382 g/mol. The first kappa shape index (κ1) is 19.1. The summed E-state index contributed by atoms with van der Waals surface area (Å²) in [5.74, 6) is 0.511. The summed E-state index contributed by atoms with van der Waals surface area (Å²) in [5.41, 5.74) is 2.10. The lowest BCUT2D eigenvalue weighted by Gasteiger charge is -2.40. The molecule has 1 amide bonds. The molecule has 1 atom stereocenters. The highest BCUT2D eigenvalue weighted by molar-refractivity contribution is 5.75. The number of aromatic nitrogens is 4. The van der Waals surface area contributed by atoms with E-state index < -0.39 is 0 Å². The van der Waals surface area contributed by atoms with Gasteiger partial charge in [0.05, 0.1) is 0 Å². The number of likely N-dealkylation sites (tertiary alicyclic amines) is 1. The van der Waals surface area contributed by atoms with Crippen LogP contribution in [-0.2, 0) is 11.3 Å². The van der Waals surface area contributed by atoms with Crippen LogP contribution in [0.2, 0.25) is 0 Å². The molecule has 1 aliphatic heterocycles. The molecule has 4 rings (SSSR count). The fraction of sp³-hybridized carbons (Fsp3) is 0.619. The quantitative estimate of drug-likeness (QED) is 0.860. The van der Waals surface area contributed by atoms with E-state index in [-0.39, 0.29) is 18.5 Å². The molecule has 7 nitrogen and oxygen atoms in total. The third kappa shape index (κ3) is 4.76. The lowest BCUT2D eigenvalue weighted by Crippen LogP contribution is -2.51. The van der Waals surface area contributed by atoms with E-state index in [1.165, 1.54) is 49.0 Å². The van der Waals surface area contributed by atoms with Gasteiger partial charge >= 0.3 is 0 Å². The number of rotatable bonds is 5. The van der Waals surface area contributed by atoms with Crippen LogP contribution in [-0.4, -0.2) is 56.2 Å². The van der Waals surface area contributed by atoms with Crippen molar-refractivity contribution in [1.82, 2.24) is 30.4 Å². The van der Waals surface area contributed by atoms with Crippen molar-refractivity contribution in [3.05, 3.63) is 29.8 Å². The van der Waals surface area contributed by atoms with Crippen molar-refractivity contribution >= 4 is 5.91 Å². The molecule has 2 aliphatic rings. The van der Waals surface area contributed by atoms with Crippen molar-refractivity contribution in [3.63, 3.8) is 0 Å². The van der Waals surface area contributed by atoms with Crippen molar-refractivity contribution in [3.8, 4) is 11.4 Å². The Morgan fingerprint density at radius 2 is 1.89 bits per heavy atom. The summed E-state index contributed by atoms with van der Waals surface area (Å²) >= 11 is 0. The molecule has 0 spiro atoms. The average molecular weight is 383 g/mol. The van der Waals surface area contributed by atoms with E-state index in [1.807, 2.05) is 31.2 Å². The van der Waals surface area contributed by atoms with Crippen LogP contribution in [0.3, 0.4) is 0 Å². The Labute approximate surface area is 166 Å². The average Bonchev–Trinajstić information content (AvgIpc) is 3.17. The Morgan fingerprint density at radius 3 is 2.68 bits per heavy atom. The Hall–Kier alpha value is -2.28. The van der Waals surface area contributed by atoms with Crippen LogP contribution in [0.5, 0.6) is 0 Å². The van der Waals surface area contributed by atoms with Gasteiger partial charge in [-0.3, -0.25) is 9.69 Å². The number of aryl methyl sites for hydroxylation is 1. The largest absolute Gasteiger partial charge is 0.350 e. The number of piperidine rings is 1. The van der Waals surface area contributed by atoms with E-state index >= 15 is 0 Å². The molecule has 28 heavy (non-hydrogen) atoms. The second-order valence-electron chi connectivity index (χ2n) is 8.20. The van der Waals surface area contributed by atoms with E-state index in [0.29, 0.717) is 11.9 Å². The maximum Gasteiger partial charge on any atom is 0.243 e. The predicted molar refractivity (Wildman–Crippen MR) is 108 cm³/mol. The molecule has 2 aromatic rings. The van der Waals surface area contributed by atoms with Gasteiger partial charge in [0.1, 0.15) is 6.54 Å². The number of amides is 1. The maximum absolute atomic E-state index is 12.5. The minimum atomic E-state index is -0.0386. The number of tetrazole rings is 1. The predicted octanol–water partition coefficient (Wildman–Crippen LogP) is 2.56. The van der Waals surface area contributed by atoms with Crippen molar-refractivity contribution < 1.29 is 4.79 Å². The zero-order valence-corrected chi connectivity index (χ0v) is 16.7. The molecule has 0 radical (unpaired) electrons. The highest BCUT2D eigenvalue weighted by atomic mass is 16.2. The van der Waals surface area contributed by atoms with Crippen molar-refractivity contribution in [1.29, 1.82) is 0 Å². The van der Waals surface area contributed by atoms with Crippen LogP contribution in [0.15, 0.2) is 24.3 Å². The molecule has 2 heterocycles. The first-order chi connectivity index (χ1) is 13.7. The summed E-state index contributed by atoms with van der Waals surface area (Å²) in [6.07, 6.45) is 8.89. The van der Waals surface area contributed by atoms with Crippen LogP contribution in [0, 0.1) is 6.92 Å². The summed E-state index contributed by atoms with van der Waals surface area (Å²) in [5, 5.41) is 15.7. The number of hydrogen-bond acceptors (Lipinski definition) is 5. The molecule has 1 aromatic carbocycles. The molecule has 0 bridgehead atoms. The van der Waals surface area contributed by atoms with Gasteiger partial charge in [0.15, 0.2) is 0 Å². The van der Waals surface area contributed by atoms with Crippen LogP contribution < -0.4 is 5.32 Å². The Kier molecular flexibility index (Phi) is 6.00. The van der Waals surface area contributed by atoms with Gasteiger partial charge in [0.2, 0.25) is 11.7 Å². The van der Waals surface area contributed by atoms with Gasteiger partial charge in [-0.15, -0.1) is 10.2 Å². The summed E-state index contributed by atoms with van der Waals surface area (Å²) in [4.78, 5) is 16.5. The standard InChI is InChI=1S/C21H30N6O/c1-16-9-11-17(12-10-16)21-23-25-27(24-21)15-20(28)22-18-6-5-13-26(14-18)19-7-3-2-4-8-19/h9-12,18-19H,2-8,13-15H2,1H3,(H,22,28). The highest BCUT2D eigenvalue weighted by Gasteiger charge is 2.27. The Bertz CT molecular complexity index is 780. The molecule has 2 fully saturated rings. The fourth-order valence-electron chi connectivity index (χ4n) is 4.43. The molecular formula is C21H30N6O. The zero-order chi connectivity index (χ0) is 19.3. The molecule has 1 unspecified atom stereocenters. The van der Waals surface area contributed by atoms with E-state index in [2.05, 4.69) is 25.6 Å². The van der Waals surface area contributed by atoms with Gasteiger partial charge in [-0.1, -0.05) is 49.1 Å². The Balaban J connectivity index is 1.30. The van der Waals surface area contributed by atoms with E-state index in [0.717, 1.165) is 24.9 Å². The molecule has 1 saturated heterocycles. The number of carbonyl (C=O) groups is 1. The second kappa shape index (κ2) is 8.82. The number of hydrogen-bond donors (Lipinski definition) is 1. The van der Waals surface area contributed by atoms with Crippen molar-refractivity contribution in [2.45, 2.75) is 70.5 Å². The maximum atomic E-state index is 12.5.